The number of fused-ring (bicyclic) bond motifs is 1. The maximum atomic E-state index is 12.0. The van der Waals surface area contributed by atoms with E-state index in [1.807, 2.05) is 37.3 Å². The minimum absolute atomic E-state index is 0.0797. The Labute approximate surface area is 217 Å². The summed E-state index contributed by atoms with van der Waals surface area (Å²) in [6.07, 6.45) is 1.55. The highest BCUT2D eigenvalue weighted by Gasteiger charge is 2.50. The summed E-state index contributed by atoms with van der Waals surface area (Å²) in [4.78, 5) is 12.0. The molecule has 2 aliphatic rings. The summed E-state index contributed by atoms with van der Waals surface area (Å²) in [5.74, 6) is 0.488. The van der Waals surface area contributed by atoms with Gasteiger partial charge in [-0.15, -0.1) is 0 Å². The van der Waals surface area contributed by atoms with Crippen molar-refractivity contribution in [3.05, 3.63) is 76.9 Å². The topological polar surface area (TPSA) is 97.3 Å². The Morgan fingerprint density at radius 1 is 1.00 bits per heavy atom. The van der Waals surface area contributed by atoms with Crippen molar-refractivity contribution in [2.24, 2.45) is 0 Å². The summed E-state index contributed by atoms with van der Waals surface area (Å²) in [7, 11) is 3.28. The molecule has 3 aromatic rings. The molecule has 0 spiro atoms. The van der Waals surface area contributed by atoms with Gasteiger partial charge < -0.3 is 29.7 Å². The lowest BCUT2D eigenvalue weighted by molar-refractivity contribution is -0.149. The van der Waals surface area contributed by atoms with Gasteiger partial charge >= 0.3 is 5.97 Å². The van der Waals surface area contributed by atoms with Crippen LogP contribution >= 0.6 is 0 Å². The summed E-state index contributed by atoms with van der Waals surface area (Å²) in [6.45, 7) is 2.32. The second-order valence-corrected chi connectivity index (χ2v) is 10.1. The number of methoxy groups -OCH3 is 2. The minimum Gasteiger partial charge on any atom is -0.496 e. The molecule has 7 nitrogen and oxygen atoms in total. The molecule has 0 aromatic heterocycles. The quantitative estimate of drug-likeness (QED) is 0.388. The van der Waals surface area contributed by atoms with E-state index >= 15 is 0 Å². The van der Waals surface area contributed by atoms with Gasteiger partial charge in [0.15, 0.2) is 0 Å². The zero-order valence-electron chi connectivity index (χ0n) is 21.4. The Balaban J connectivity index is 1.47. The molecule has 0 bridgehead atoms. The average Bonchev–Trinajstić information content (AvgIpc) is 3.29. The van der Waals surface area contributed by atoms with E-state index in [0.717, 1.165) is 46.6 Å². The zero-order chi connectivity index (χ0) is 26.2. The van der Waals surface area contributed by atoms with E-state index in [9.17, 15) is 15.0 Å². The van der Waals surface area contributed by atoms with Gasteiger partial charge in [0.1, 0.15) is 17.0 Å². The fourth-order valence-electron chi connectivity index (χ4n) is 5.51. The first kappa shape index (κ1) is 25.1. The Kier molecular flexibility index (Phi) is 6.84. The zero-order valence-corrected chi connectivity index (χ0v) is 21.4. The van der Waals surface area contributed by atoms with E-state index in [1.165, 1.54) is 11.1 Å². The van der Waals surface area contributed by atoms with Gasteiger partial charge in [0.05, 0.1) is 33.0 Å². The number of nitrogens with one attached hydrogen (secondary N) is 1. The molecule has 0 atom stereocenters. The summed E-state index contributed by atoms with van der Waals surface area (Å²) in [5.41, 5.74) is 5.88. The highest BCUT2D eigenvalue weighted by atomic mass is 16.5. The number of aliphatic hydroxyl groups excluding tert-OH is 1. The van der Waals surface area contributed by atoms with Crippen LogP contribution in [0.15, 0.2) is 54.6 Å². The number of hydrogen-bond acceptors (Lipinski definition) is 6. The standard InChI is InChI=1S/C30H33NO6/c1-18-27(35-2)13-21(14-28(18)36-3)26-9-8-23(31-30(29(33)34)15-24(32)16-30)10-22(26)17-37-25-11-19-6-4-5-7-20(19)12-25/h4-10,13-14,24-25,31-32H,11-12,15-17H2,1-3H3,(H,33,34)/t24-,30+. The number of carboxylic acids is 1. The van der Waals surface area contributed by atoms with Crippen molar-refractivity contribution < 1.29 is 29.2 Å². The first-order valence-corrected chi connectivity index (χ1v) is 12.6. The number of carbonyl (C=O) groups is 1. The van der Waals surface area contributed by atoms with Gasteiger partial charge in [0.25, 0.3) is 0 Å². The summed E-state index contributed by atoms with van der Waals surface area (Å²) in [5, 5.41) is 22.8. The molecule has 37 heavy (non-hydrogen) atoms. The number of hydrogen-bond donors (Lipinski definition) is 3. The van der Waals surface area contributed by atoms with Gasteiger partial charge in [-0.3, -0.25) is 0 Å². The van der Waals surface area contributed by atoms with Crippen LogP contribution in [0.3, 0.4) is 0 Å². The maximum absolute atomic E-state index is 12.0. The molecule has 0 aliphatic heterocycles. The lowest BCUT2D eigenvalue weighted by atomic mass is 9.74. The normalized spacial score (nSPS) is 20.7. The van der Waals surface area contributed by atoms with Gasteiger partial charge in [-0.1, -0.05) is 30.3 Å². The van der Waals surface area contributed by atoms with Crippen LogP contribution in [0.4, 0.5) is 5.69 Å². The number of aliphatic carboxylic acids is 1. The molecule has 1 fully saturated rings. The van der Waals surface area contributed by atoms with Crippen molar-refractivity contribution in [1.82, 2.24) is 0 Å². The number of aliphatic hydroxyl groups is 1. The Bertz CT molecular complexity index is 1260. The number of rotatable bonds is 9. The second-order valence-electron chi connectivity index (χ2n) is 10.1. The molecule has 0 saturated heterocycles. The highest BCUT2D eigenvalue weighted by molar-refractivity contribution is 5.85. The molecule has 7 heteroatoms. The van der Waals surface area contributed by atoms with Gasteiger partial charge in [0.2, 0.25) is 0 Å². The van der Waals surface area contributed by atoms with Crippen LogP contribution in [-0.2, 0) is 29.0 Å². The predicted molar refractivity (Wildman–Crippen MR) is 141 cm³/mol. The largest absolute Gasteiger partial charge is 0.496 e. The molecule has 194 valence electrons. The molecule has 3 N–H and O–H groups in total. The van der Waals surface area contributed by atoms with Crippen LogP contribution in [-0.4, -0.2) is 48.1 Å². The third-order valence-corrected chi connectivity index (χ3v) is 7.62. The molecule has 1 saturated carbocycles. The third kappa shape index (κ3) is 4.89. The van der Waals surface area contributed by atoms with Gasteiger partial charge in [-0.25, -0.2) is 4.79 Å². The molecule has 3 aromatic carbocycles. The molecule has 0 unspecified atom stereocenters. The van der Waals surface area contributed by atoms with Crippen LogP contribution in [0.5, 0.6) is 11.5 Å². The molecule has 2 aliphatic carbocycles. The molecule has 0 amide bonds. The number of benzene rings is 3. The summed E-state index contributed by atoms with van der Waals surface area (Å²) in [6, 6.07) is 18.2. The number of carboxylic acid groups (broad SMARTS) is 1. The first-order chi connectivity index (χ1) is 17.8. The lowest BCUT2D eigenvalue weighted by Crippen LogP contribution is -2.58. The van der Waals surface area contributed by atoms with E-state index in [-0.39, 0.29) is 18.9 Å². The van der Waals surface area contributed by atoms with Gasteiger partial charge in [-0.05, 0) is 71.8 Å². The monoisotopic (exact) mass is 503 g/mol. The molecule has 5 rings (SSSR count). The van der Waals surface area contributed by atoms with E-state index in [4.69, 9.17) is 14.2 Å². The summed E-state index contributed by atoms with van der Waals surface area (Å²) >= 11 is 0. The van der Waals surface area contributed by atoms with Crippen molar-refractivity contribution in [3.8, 4) is 22.6 Å². The van der Waals surface area contributed by atoms with Gasteiger partial charge in [0, 0.05) is 24.1 Å². The maximum Gasteiger partial charge on any atom is 0.329 e. The Morgan fingerprint density at radius 2 is 1.62 bits per heavy atom. The number of anilines is 1. The molecular formula is C30H33NO6. The molecule has 0 heterocycles. The summed E-state index contributed by atoms with van der Waals surface area (Å²) < 4.78 is 17.6. The van der Waals surface area contributed by atoms with E-state index in [2.05, 4.69) is 29.6 Å². The SMILES string of the molecule is COc1cc(-c2ccc(N[C@]3(C(=O)O)C[C@H](O)C3)cc2COC2Cc3ccccc3C2)cc(OC)c1C. The van der Waals surface area contributed by atoms with Crippen molar-refractivity contribution in [1.29, 1.82) is 0 Å². The lowest BCUT2D eigenvalue weighted by Gasteiger charge is -2.42. The smallest absolute Gasteiger partial charge is 0.329 e. The first-order valence-electron chi connectivity index (χ1n) is 12.6. The predicted octanol–water partition coefficient (Wildman–Crippen LogP) is 4.75. The van der Waals surface area contributed by atoms with Crippen LogP contribution < -0.4 is 14.8 Å². The van der Waals surface area contributed by atoms with E-state index in [0.29, 0.717) is 12.3 Å². The average molecular weight is 504 g/mol. The fourth-order valence-corrected chi connectivity index (χ4v) is 5.51. The van der Waals surface area contributed by atoms with E-state index in [1.54, 1.807) is 14.2 Å². The molecular weight excluding hydrogens is 470 g/mol. The fraction of sp³-hybridized carbons (Fsp3) is 0.367. The van der Waals surface area contributed by atoms with Crippen LogP contribution in [0.2, 0.25) is 0 Å². The van der Waals surface area contributed by atoms with Crippen molar-refractivity contribution >= 4 is 11.7 Å². The van der Waals surface area contributed by atoms with Crippen LogP contribution in [0.25, 0.3) is 11.1 Å². The van der Waals surface area contributed by atoms with Crippen LogP contribution in [0, 0.1) is 6.92 Å². The van der Waals surface area contributed by atoms with E-state index < -0.39 is 17.6 Å². The third-order valence-electron chi connectivity index (χ3n) is 7.62. The van der Waals surface area contributed by atoms with Crippen LogP contribution in [0.1, 0.15) is 35.1 Å². The van der Waals surface area contributed by atoms with Crippen molar-refractivity contribution in [2.75, 3.05) is 19.5 Å². The van der Waals surface area contributed by atoms with Gasteiger partial charge in [-0.2, -0.15) is 0 Å². The number of ether oxygens (including phenoxy) is 3. The second kappa shape index (κ2) is 10.1. The van der Waals surface area contributed by atoms with Crippen molar-refractivity contribution in [2.45, 2.75) is 57.0 Å². The Hall–Kier alpha value is -3.55. The van der Waals surface area contributed by atoms with Crippen molar-refractivity contribution in [3.63, 3.8) is 0 Å². The Morgan fingerprint density at radius 3 is 2.16 bits per heavy atom. The minimum atomic E-state index is -1.16. The molecule has 0 radical (unpaired) electrons. The highest BCUT2D eigenvalue weighted by Crippen LogP contribution is 2.39.